The maximum atomic E-state index is 13.4. The van der Waals surface area contributed by atoms with Gasteiger partial charge in [-0.3, -0.25) is 4.79 Å². The van der Waals surface area contributed by atoms with Crippen molar-refractivity contribution in [3.8, 4) is 5.95 Å². The van der Waals surface area contributed by atoms with E-state index in [4.69, 9.17) is 0 Å². The number of carbonyl (C=O) groups is 1. The number of rotatable bonds is 8. The monoisotopic (exact) mass is 421 g/mol. The lowest BCUT2D eigenvalue weighted by Crippen LogP contribution is -2.32. The van der Waals surface area contributed by atoms with Crippen molar-refractivity contribution in [3.05, 3.63) is 29.7 Å². The van der Waals surface area contributed by atoms with E-state index in [0.29, 0.717) is 37.2 Å². The fraction of sp³-hybridized carbons (Fsp3) is 0.619. The number of nitrogens with zero attached hydrogens (tertiary/aromatic N) is 4. The molecular weight excluding hydrogens is 395 g/mol. The maximum Gasteiger partial charge on any atom is 0.252 e. The number of carbonyl (C=O) groups excluding carboxylic acids is 1. The van der Waals surface area contributed by atoms with Gasteiger partial charge in [-0.05, 0) is 38.2 Å². The zero-order valence-electron chi connectivity index (χ0n) is 16.8. The Morgan fingerprint density at radius 2 is 1.93 bits per heavy atom. The molecule has 2 aromatic heterocycles. The molecule has 2 aliphatic carbocycles. The van der Waals surface area contributed by atoms with E-state index in [1.54, 1.807) is 18.3 Å². The van der Waals surface area contributed by atoms with Crippen molar-refractivity contribution < 1.29 is 18.0 Å². The summed E-state index contributed by atoms with van der Waals surface area (Å²) in [5.74, 6) is -1.39. The molecule has 0 aromatic carbocycles. The first-order valence-electron chi connectivity index (χ1n) is 10.6. The van der Waals surface area contributed by atoms with Crippen LogP contribution in [0, 0.1) is 5.92 Å². The van der Waals surface area contributed by atoms with Crippen molar-refractivity contribution in [3.63, 3.8) is 0 Å². The van der Waals surface area contributed by atoms with Crippen molar-refractivity contribution >= 4 is 11.6 Å². The number of aromatic nitrogens is 4. The maximum absolute atomic E-state index is 13.4. The largest absolute Gasteiger partial charge is 0.367 e. The molecule has 1 N–H and O–H groups in total. The summed E-state index contributed by atoms with van der Waals surface area (Å²) in [7, 11) is 0. The van der Waals surface area contributed by atoms with Gasteiger partial charge in [0.05, 0.1) is 5.69 Å². The molecule has 30 heavy (non-hydrogen) atoms. The fourth-order valence-electron chi connectivity index (χ4n) is 3.91. The summed E-state index contributed by atoms with van der Waals surface area (Å²) in [4.78, 5) is 21.2. The zero-order chi connectivity index (χ0) is 21.1. The molecule has 9 heteroatoms. The Kier molecular flexibility index (Phi) is 6.06. The van der Waals surface area contributed by atoms with Crippen LogP contribution in [0.25, 0.3) is 5.95 Å². The third-order valence-electron chi connectivity index (χ3n) is 6.01. The van der Waals surface area contributed by atoms with Crippen LogP contribution >= 0.6 is 0 Å². The second-order valence-corrected chi connectivity index (χ2v) is 8.30. The van der Waals surface area contributed by atoms with Gasteiger partial charge in [-0.15, -0.1) is 0 Å². The van der Waals surface area contributed by atoms with Crippen LogP contribution in [0.5, 0.6) is 0 Å². The first-order chi connectivity index (χ1) is 14.4. The van der Waals surface area contributed by atoms with Crippen molar-refractivity contribution in [2.45, 2.75) is 76.4 Å². The summed E-state index contributed by atoms with van der Waals surface area (Å²) in [6.45, 7) is -0.691. The zero-order valence-corrected chi connectivity index (χ0v) is 16.8. The number of nitrogens with one attached hydrogen (secondary N) is 1. The lowest BCUT2D eigenvalue weighted by molar-refractivity contribution is -0.125. The van der Waals surface area contributed by atoms with Gasteiger partial charge in [-0.2, -0.15) is 10.1 Å². The third-order valence-corrected chi connectivity index (χ3v) is 6.01. The van der Waals surface area contributed by atoms with Crippen LogP contribution in [0.15, 0.2) is 18.3 Å². The quantitative estimate of drug-likeness (QED) is 0.683. The first-order valence-corrected chi connectivity index (χ1v) is 10.6. The molecule has 0 spiro atoms. The minimum Gasteiger partial charge on any atom is -0.367 e. The lowest BCUT2D eigenvalue weighted by atomic mass is 9.81. The third kappa shape index (κ3) is 4.99. The molecule has 2 aliphatic rings. The summed E-state index contributed by atoms with van der Waals surface area (Å²) in [5.41, 5.74) is 0.946. The smallest absolute Gasteiger partial charge is 0.252 e. The number of hydrogen-bond acceptors (Lipinski definition) is 5. The molecule has 2 saturated carbocycles. The highest BCUT2D eigenvalue weighted by molar-refractivity contribution is 5.81. The topological polar surface area (TPSA) is 72.7 Å². The van der Waals surface area contributed by atoms with Gasteiger partial charge < -0.3 is 5.32 Å². The van der Waals surface area contributed by atoms with Crippen molar-refractivity contribution in [1.82, 2.24) is 19.7 Å². The number of aryl methyl sites for hydroxylation is 1. The van der Waals surface area contributed by atoms with E-state index in [1.807, 2.05) is 0 Å². The van der Waals surface area contributed by atoms with Gasteiger partial charge in [-0.25, -0.2) is 22.8 Å². The highest BCUT2D eigenvalue weighted by atomic mass is 19.3. The van der Waals surface area contributed by atoms with Crippen LogP contribution in [0.4, 0.5) is 19.0 Å². The molecular formula is C21H26F3N5O. The summed E-state index contributed by atoms with van der Waals surface area (Å²) >= 11 is 0. The van der Waals surface area contributed by atoms with E-state index < -0.39 is 12.6 Å². The molecule has 2 fully saturated rings. The molecule has 0 atom stereocenters. The summed E-state index contributed by atoms with van der Waals surface area (Å²) in [6.07, 6.45) is 5.92. The minimum atomic E-state index is -2.60. The van der Waals surface area contributed by atoms with Gasteiger partial charge in [0.2, 0.25) is 5.92 Å². The van der Waals surface area contributed by atoms with E-state index in [9.17, 15) is 18.0 Å². The molecule has 0 saturated heterocycles. The summed E-state index contributed by atoms with van der Waals surface area (Å²) < 4.78 is 41.2. The van der Waals surface area contributed by atoms with Gasteiger partial charge in [-0.1, -0.05) is 6.42 Å². The molecule has 0 amide bonds. The summed E-state index contributed by atoms with van der Waals surface area (Å²) in [6, 6.07) is 3.21. The van der Waals surface area contributed by atoms with Gasteiger partial charge in [0.15, 0.2) is 0 Å². The second kappa shape index (κ2) is 8.73. The van der Waals surface area contributed by atoms with E-state index in [0.717, 1.165) is 19.3 Å². The predicted molar refractivity (Wildman–Crippen MR) is 105 cm³/mol. The normalized spacial score (nSPS) is 19.4. The second-order valence-electron chi connectivity index (χ2n) is 8.30. The Hall–Kier alpha value is -2.45. The summed E-state index contributed by atoms with van der Waals surface area (Å²) in [5, 5.41) is 7.35. The number of halogens is 3. The highest BCUT2D eigenvalue weighted by Crippen LogP contribution is 2.34. The standard InChI is InChI=1S/C21H26F3N5O/c22-13-17-8-11-29(28-17)20-26-16(4-5-18(30)14-2-1-3-14)12-19(27-20)25-15-6-9-21(23,24)10-7-15/h8,11-12,14-15H,1-7,9-10,13H2,(H,25,26,27). The fourth-order valence-corrected chi connectivity index (χ4v) is 3.91. The van der Waals surface area contributed by atoms with Crippen molar-refractivity contribution in [2.24, 2.45) is 5.92 Å². The SMILES string of the molecule is O=C(CCc1cc(NC2CCC(F)(F)CC2)nc(-n2ccc(CF)n2)n1)C1CCC1. The number of alkyl halides is 3. The number of hydrogen-bond donors (Lipinski definition) is 1. The van der Waals surface area contributed by atoms with Gasteiger partial charge in [0.1, 0.15) is 18.3 Å². The van der Waals surface area contributed by atoms with Gasteiger partial charge in [0, 0.05) is 49.2 Å². The predicted octanol–water partition coefficient (Wildman–Crippen LogP) is 4.42. The Morgan fingerprint density at radius 1 is 1.17 bits per heavy atom. The number of anilines is 1. The first kappa shape index (κ1) is 20.8. The van der Waals surface area contributed by atoms with Crippen molar-refractivity contribution in [1.29, 1.82) is 0 Å². The Bertz CT molecular complexity index is 887. The number of ketones is 1. The molecule has 0 radical (unpaired) electrons. The average Bonchev–Trinajstić information content (AvgIpc) is 3.16. The molecule has 0 bridgehead atoms. The van der Waals surface area contributed by atoms with Gasteiger partial charge in [0.25, 0.3) is 5.95 Å². The molecule has 0 aliphatic heterocycles. The van der Waals surface area contributed by atoms with Crippen LogP contribution in [-0.2, 0) is 17.9 Å². The number of Topliss-reactive ketones (excluding diaryl/α,β-unsaturated/α-hetero) is 1. The van der Waals surface area contributed by atoms with E-state index in [2.05, 4.69) is 20.4 Å². The Labute approximate surface area is 173 Å². The van der Waals surface area contributed by atoms with E-state index in [-0.39, 0.29) is 42.2 Å². The van der Waals surface area contributed by atoms with Crippen LogP contribution in [0.2, 0.25) is 0 Å². The van der Waals surface area contributed by atoms with Crippen molar-refractivity contribution in [2.75, 3.05) is 5.32 Å². The van der Waals surface area contributed by atoms with E-state index in [1.165, 1.54) is 4.68 Å². The molecule has 2 heterocycles. The molecule has 2 aromatic rings. The van der Waals surface area contributed by atoms with E-state index >= 15 is 0 Å². The van der Waals surface area contributed by atoms with Crippen LogP contribution < -0.4 is 5.32 Å². The molecule has 162 valence electrons. The van der Waals surface area contributed by atoms with Crippen LogP contribution in [-0.4, -0.2) is 37.5 Å². The van der Waals surface area contributed by atoms with Crippen LogP contribution in [0.3, 0.4) is 0 Å². The molecule has 6 nitrogen and oxygen atoms in total. The van der Waals surface area contributed by atoms with Gasteiger partial charge >= 0.3 is 0 Å². The lowest BCUT2D eigenvalue weighted by Gasteiger charge is -2.29. The Balaban J connectivity index is 1.51. The molecule has 0 unspecified atom stereocenters. The average molecular weight is 421 g/mol. The highest BCUT2D eigenvalue weighted by Gasteiger charge is 2.35. The minimum absolute atomic E-state index is 0.101. The molecule has 4 rings (SSSR count). The van der Waals surface area contributed by atoms with Crippen LogP contribution in [0.1, 0.15) is 62.8 Å². The Morgan fingerprint density at radius 3 is 2.57 bits per heavy atom.